The summed E-state index contributed by atoms with van der Waals surface area (Å²) >= 11 is 0. The third kappa shape index (κ3) is 5.87. The Bertz CT molecular complexity index is 915. The molecule has 1 aromatic carbocycles. The van der Waals surface area contributed by atoms with Crippen molar-refractivity contribution in [3.8, 4) is 0 Å². The van der Waals surface area contributed by atoms with Gasteiger partial charge in [-0.1, -0.05) is 64.1 Å². The minimum Gasteiger partial charge on any atom is -0.337 e. The van der Waals surface area contributed by atoms with E-state index in [0.29, 0.717) is 18.2 Å². The summed E-state index contributed by atoms with van der Waals surface area (Å²) < 4.78 is 0. The van der Waals surface area contributed by atoms with Gasteiger partial charge in [-0.2, -0.15) is 0 Å². The molecule has 0 spiro atoms. The number of rotatable bonds is 6. The van der Waals surface area contributed by atoms with Gasteiger partial charge in [0.25, 0.3) is 0 Å². The first-order chi connectivity index (χ1) is 16.4. The molecule has 2 aliphatic rings. The maximum absolute atomic E-state index is 13.5. The molecule has 34 heavy (non-hydrogen) atoms. The predicted octanol–water partition coefficient (Wildman–Crippen LogP) is 4.68. The van der Waals surface area contributed by atoms with Gasteiger partial charge < -0.3 is 10.2 Å². The van der Waals surface area contributed by atoms with Crippen LogP contribution in [0.15, 0.2) is 48.7 Å². The molecule has 0 radical (unpaired) electrons. The lowest BCUT2D eigenvalue weighted by Crippen LogP contribution is -2.60. The Kier molecular flexibility index (Phi) is 8.05. The number of piperidine rings is 1. The third-order valence-corrected chi connectivity index (χ3v) is 7.67. The van der Waals surface area contributed by atoms with Crippen LogP contribution in [0.25, 0.3) is 0 Å². The van der Waals surface area contributed by atoms with Gasteiger partial charge in [-0.05, 0) is 60.9 Å². The molecule has 2 atom stereocenters. The van der Waals surface area contributed by atoms with E-state index in [1.54, 1.807) is 0 Å². The second kappa shape index (κ2) is 11.0. The number of nitrogens with one attached hydrogen (secondary N) is 1. The maximum atomic E-state index is 13.5. The van der Waals surface area contributed by atoms with Crippen LogP contribution < -0.4 is 5.32 Å². The van der Waals surface area contributed by atoms with Gasteiger partial charge in [-0.15, -0.1) is 0 Å². The van der Waals surface area contributed by atoms with E-state index < -0.39 is 0 Å². The number of carbonyl (C=O) groups excluding carboxylic acids is 1. The predicted molar refractivity (Wildman–Crippen MR) is 139 cm³/mol. The fourth-order valence-electron chi connectivity index (χ4n) is 5.54. The number of piperazine rings is 1. The molecule has 184 valence electrons. The molecule has 2 aliphatic heterocycles. The Morgan fingerprint density at radius 3 is 2.44 bits per heavy atom. The monoisotopic (exact) mass is 462 g/mol. The zero-order chi connectivity index (χ0) is 24.1. The lowest BCUT2D eigenvalue weighted by molar-refractivity contribution is -0.141. The van der Waals surface area contributed by atoms with Crippen LogP contribution in [0.4, 0.5) is 0 Å². The second-order valence-corrected chi connectivity index (χ2v) is 11.1. The van der Waals surface area contributed by atoms with Gasteiger partial charge in [0.05, 0.1) is 11.7 Å². The zero-order valence-electron chi connectivity index (χ0n) is 21.5. The molecule has 1 N–H and O–H groups in total. The molecule has 1 aromatic heterocycles. The summed E-state index contributed by atoms with van der Waals surface area (Å²) in [5, 5.41) is 3.42. The lowest BCUT2D eigenvalue weighted by atomic mass is 9.82. The van der Waals surface area contributed by atoms with Crippen LogP contribution >= 0.6 is 0 Å². The number of nitrogens with zero attached hydrogens (tertiary/aromatic N) is 3. The SMILES string of the molecule is CCc1ccc(C(c2ccccc2)N2CCN(C(=O)CC3CCNCC3)[C@@H](C(C)(C)C)C2)nc1. The second-order valence-electron chi connectivity index (χ2n) is 11.1. The molecule has 0 saturated carbocycles. The Hall–Kier alpha value is -2.24. The topological polar surface area (TPSA) is 48.5 Å². The summed E-state index contributed by atoms with van der Waals surface area (Å²) in [6.07, 6.45) is 5.93. The normalized spacial score (nSPS) is 21.4. The molecule has 0 aliphatic carbocycles. The molecule has 2 fully saturated rings. The number of carbonyl (C=O) groups is 1. The molecule has 5 heteroatoms. The molecular weight excluding hydrogens is 420 g/mol. The lowest BCUT2D eigenvalue weighted by Gasteiger charge is -2.49. The Balaban J connectivity index is 1.58. The number of aromatic nitrogens is 1. The largest absolute Gasteiger partial charge is 0.337 e. The highest BCUT2D eigenvalue weighted by molar-refractivity contribution is 5.77. The number of aryl methyl sites for hydroxylation is 1. The Morgan fingerprint density at radius 1 is 1.09 bits per heavy atom. The van der Waals surface area contributed by atoms with Crippen LogP contribution in [-0.4, -0.2) is 59.5 Å². The fourth-order valence-corrected chi connectivity index (χ4v) is 5.54. The summed E-state index contributed by atoms with van der Waals surface area (Å²) in [6.45, 7) is 13.6. The van der Waals surface area contributed by atoms with E-state index in [2.05, 4.69) is 85.3 Å². The Labute approximate surface area is 205 Å². The van der Waals surface area contributed by atoms with Crippen LogP contribution in [-0.2, 0) is 11.2 Å². The van der Waals surface area contributed by atoms with Crippen LogP contribution in [0.1, 0.15) is 69.8 Å². The van der Waals surface area contributed by atoms with Crippen molar-refractivity contribution in [2.45, 2.75) is 65.5 Å². The number of hydrogen-bond acceptors (Lipinski definition) is 4. The molecule has 1 unspecified atom stereocenters. The van der Waals surface area contributed by atoms with Crippen LogP contribution in [0.3, 0.4) is 0 Å². The molecule has 2 aromatic rings. The highest BCUT2D eigenvalue weighted by Gasteiger charge is 2.40. The number of pyridine rings is 1. The minimum atomic E-state index is 0.00316. The fraction of sp³-hybridized carbons (Fsp3) is 0.586. The summed E-state index contributed by atoms with van der Waals surface area (Å²) in [6, 6.07) is 15.4. The van der Waals surface area contributed by atoms with E-state index in [1.165, 1.54) is 11.1 Å². The highest BCUT2D eigenvalue weighted by atomic mass is 16.2. The van der Waals surface area contributed by atoms with Gasteiger partial charge in [0.15, 0.2) is 0 Å². The van der Waals surface area contributed by atoms with Crippen molar-refractivity contribution in [3.05, 3.63) is 65.5 Å². The molecule has 1 amide bonds. The van der Waals surface area contributed by atoms with Crippen LogP contribution in [0.2, 0.25) is 0 Å². The number of amides is 1. The van der Waals surface area contributed by atoms with Crippen molar-refractivity contribution >= 4 is 5.91 Å². The first-order valence-corrected chi connectivity index (χ1v) is 13.1. The van der Waals surface area contributed by atoms with Gasteiger partial charge in [0.2, 0.25) is 5.91 Å². The first kappa shape index (κ1) is 24.9. The molecule has 0 bridgehead atoms. The van der Waals surface area contributed by atoms with Gasteiger partial charge in [0.1, 0.15) is 0 Å². The molecule has 5 nitrogen and oxygen atoms in total. The minimum absolute atomic E-state index is 0.00316. The van der Waals surface area contributed by atoms with E-state index in [9.17, 15) is 4.79 Å². The third-order valence-electron chi connectivity index (χ3n) is 7.67. The van der Waals surface area contributed by atoms with Crippen LogP contribution in [0, 0.1) is 11.3 Å². The molecule has 3 heterocycles. The molecular formula is C29H42N4O. The number of benzene rings is 1. The summed E-state index contributed by atoms with van der Waals surface area (Å²) in [4.78, 5) is 23.1. The maximum Gasteiger partial charge on any atom is 0.223 e. The van der Waals surface area contributed by atoms with Crippen molar-refractivity contribution in [1.82, 2.24) is 20.1 Å². The average Bonchev–Trinajstić information content (AvgIpc) is 2.85. The molecule has 4 rings (SSSR count). The van der Waals surface area contributed by atoms with Gasteiger partial charge in [-0.3, -0.25) is 14.7 Å². The summed E-state index contributed by atoms with van der Waals surface area (Å²) in [5.74, 6) is 0.860. The quantitative estimate of drug-likeness (QED) is 0.677. The Morgan fingerprint density at radius 2 is 1.82 bits per heavy atom. The van der Waals surface area contributed by atoms with Crippen molar-refractivity contribution < 1.29 is 4.79 Å². The van der Waals surface area contributed by atoms with Crippen molar-refractivity contribution in [2.24, 2.45) is 11.3 Å². The highest BCUT2D eigenvalue weighted by Crippen LogP contribution is 2.35. The van der Waals surface area contributed by atoms with Gasteiger partial charge in [0, 0.05) is 38.3 Å². The smallest absolute Gasteiger partial charge is 0.223 e. The van der Waals surface area contributed by atoms with Gasteiger partial charge in [-0.25, -0.2) is 0 Å². The molecule has 2 saturated heterocycles. The van der Waals surface area contributed by atoms with Gasteiger partial charge >= 0.3 is 0 Å². The van der Waals surface area contributed by atoms with Crippen LogP contribution in [0.5, 0.6) is 0 Å². The van der Waals surface area contributed by atoms with Crippen molar-refractivity contribution in [2.75, 3.05) is 32.7 Å². The number of hydrogen-bond donors (Lipinski definition) is 1. The summed E-state index contributed by atoms with van der Waals surface area (Å²) in [5.41, 5.74) is 3.62. The van der Waals surface area contributed by atoms with E-state index in [-0.39, 0.29) is 17.5 Å². The van der Waals surface area contributed by atoms with Crippen molar-refractivity contribution in [3.63, 3.8) is 0 Å². The van der Waals surface area contributed by atoms with E-state index in [0.717, 1.165) is 57.7 Å². The van der Waals surface area contributed by atoms with E-state index >= 15 is 0 Å². The van der Waals surface area contributed by atoms with E-state index in [4.69, 9.17) is 4.98 Å². The first-order valence-electron chi connectivity index (χ1n) is 13.1. The zero-order valence-corrected chi connectivity index (χ0v) is 21.5. The average molecular weight is 463 g/mol. The summed E-state index contributed by atoms with van der Waals surface area (Å²) in [7, 11) is 0. The van der Waals surface area contributed by atoms with Crippen molar-refractivity contribution in [1.29, 1.82) is 0 Å². The standard InChI is InChI=1S/C29H42N4O/c1-5-22-11-12-25(31-20-22)28(24-9-7-6-8-10-24)32-17-18-33(26(21-32)29(2,3)4)27(34)19-23-13-15-30-16-14-23/h6-12,20,23,26,28,30H,5,13-19,21H2,1-4H3/t26-,28?/m1/s1. The van der Waals surface area contributed by atoms with E-state index in [1.807, 2.05) is 6.20 Å².